The summed E-state index contributed by atoms with van der Waals surface area (Å²) in [6.45, 7) is 2.07. The Hall–Kier alpha value is -1.12. The molecule has 1 aliphatic rings. The van der Waals surface area contributed by atoms with Crippen molar-refractivity contribution in [2.75, 3.05) is 32.8 Å². The van der Waals surface area contributed by atoms with Gasteiger partial charge in [-0.1, -0.05) is 6.92 Å². The van der Waals surface area contributed by atoms with Crippen molar-refractivity contribution in [1.82, 2.24) is 0 Å². The number of rotatable bonds is 6. The zero-order valence-electron chi connectivity index (χ0n) is 15.8. The molecule has 1 aromatic carbocycles. The molecule has 0 N–H and O–H groups in total. The maximum Gasteiger partial charge on any atom is 0.305 e. The Morgan fingerprint density at radius 2 is 1.93 bits per heavy atom. The normalized spacial score (nSPS) is 17.5. The first-order valence-electron chi connectivity index (χ1n) is 8.66. The molecule has 2 heterocycles. The Labute approximate surface area is 171 Å². The zero-order chi connectivity index (χ0) is 19.6. The summed E-state index contributed by atoms with van der Waals surface area (Å²) in [5.74, 6) is 1.97. The number of hydrogen-bond donors (Lipinski definition) is 0. The number of ether oxygens (including phenoxy) is 3. The molecule has 1 aromatic heterocycles. The molecule has 1 aliphatic heterocycles. The predicted octanol–water partition coefficient (Wildman–Crippen LogP) is 5.28. The quantitative estimate of drug-likeness (QED) is 0.581. The van der Waals surface area contributed by atoms with Crippen molar-refractivity contribution in [2.45, 2.75) is 23.8 Å². The Bertz CT molecular complexity index is 830. The first-order valence-corrected chi connectivity index (χ1v) is 11.4. The van der Waals surface area contributed by atoms with Crippen LogP contribution in [-0.2, 0) is 13.6 Å². The van der Waals surface area contributed by atoms with E-state index in [9.17, 15) is 4.79 Å². The van der Waals surface area contributed by atoms with Gasteiger partial charge in [0.2, 0.25) is 0 Å². The second-order valence-corrected chi connectivity index (χ2v) is 10.4. The molecule has 0 saturated carbocycles. The number of methoxy groups -OCH3 is 3. The second kappa shape index (κ2) is 8.49. The van der Waals surface area contributed by atoms with E-state index in [1.807, 2.05) is 35.7 Å². The van der Waals surface area contributed by atoms with E-state index in [0.717, 1.165) is 27.5 Å². The number of hydrogen-bond acceptors (Lipinski definition) is 7. The molecule has 0 amide bonds. The van der Waals surface area contributed by atoms with E-state index >= 15 is 4.39 Å². The summed E-state index contributed by atoms with van der Waals surface area (Å²) in [4.78, 5) is 13.0. The minimum atomic E-state index is -0.407. The summed E-state index contributed by atoms with van der Waals surface area (Å²) >= 11 is 5.25. The Kier molecular flexibility index (Phi) is 6.48. The lowest BCUT2D eigenvalue weighted by Crippen LogP contribution is -2.31. The zero-order valence-corrected chi connectivity index (χ0v) is 18.2. The number of esters is 1. The van der Waals surface area contributed by atoms with Crippen LogP contribution in [0.2, 0.25) is 0 Å². The Balaban J connectivity index is 2.11. The van der Waals surface area contributed by atoms with Gasteiger partial charge in [-0.15, -0.1) is 34.9 Å². The standard InChI is InChI=1S/C19H23FO4S3/c1-11(8-16(21)23-3)19(25-6-5-7-26-19)15-9-12-14(27-15)10-13(22-2)18(24-4)17(12)20/h9-11H,5-8H2,1-4H3/t11-/m0/s1. The summed E-state index contributed by atoms with van der Waals surface area (Å²) in [5.41, 5.74) is 0. The van der Waals surface area contributed by atoms with Crippen molar-refractivity contribution in [3.8, 4) is 11.5 Å². The summed E-state index contributed by atoms with van der Waals surface area (Å²) in [6.07, 6.45) is 1.46. The molecule has 3 rings (SSSR count). The van der Waals surface area contributed by atoms with Crippen LogP contribution in [0.15, 0.2) is 12.1 Å². The van der Waals surface area contributed by atoms with Gasteiger partial charge in [0, 0.05) is 21.0 Å². The van der Waals surface area contributed by atoms with Crippen LogP contribution in [0.3, 0.4) is 0 Å². The fourth-order valence-electron chi connectivity index (χ4n) is 3.30. The fourth-order valence-corrected chi connectivity index (χ4v) is 8.42. The van der Waals surface area contributed by atoms with Crippen molar-refractivity contribution >= 4 is 50.9 Å². The van der Waals surface area contributed by atoms with E-state index in [1.165, 1.54) is 21.3 Å². The average molecular weight is 431 g/mol. The molecule has 0 radical (unpaired) electrons. The molecular weight excluding hydrogens is 407 g/mol. The summed E-state index contributed by atoms with van der Waals surface area (Å²) in [7, 11) is 4.35. The molecule has 0 bridgehead atoms. The highest BCUT2D eigenvalue weighted by atomic mass is 32.2. The molecule has 2 aromatic rings. The lowest BCUT2D eigenvalue weighted by Gasteiger charge is -2.40. The second-order valence-electron chi connectivity index (χ2n) is 6.35. The lowest BCUT2D eigenvalue weighted by atomic mass is 10.0. The number of carbonyl (C=O) groups excluding carboxylic acids is 1. The van der Waals surface area contributed by atoms with Gasteiger partial charge in [0.1, 0.15) is 0 Å². The molecule has 0 spiro atoms. The van der Waals surface area contributed by atoms with Crippen molar-refractivity contribution in [3.63, 3.8) is 0 Å². The van der Waals surface area contributed by atoms with Crippen molar-refractivity contribution < 1.29 is 23.4 Å². The summed E-state index contributed by atoms with van der Waals surface area (Å²) < 4.78 is 30.9. The highest BCUT2D eigenvalue weighted by molar-refractivity contribution is 8.18. The minimum Gasteiger partial charge on any atom is -0.493 e. The highest BCUT2D eigenvalue weighted by Crippen LogP contribution is 2.58. The van der Waals surface area contributed by atoms with Crippen molar-refractivity contribution in [1.29, 1.82) is 0 Å². The number of thiophene rings is 1. The molecule has 1 atom stereocenters. The van der Waals surface area contributed by atoms with Crippen LogP contribution in [-0.4, -0.2) is 38.8 Å². The van der Waals surface area contributed by atoms with E-state index in [2.05, 4.69) is 6.92 Å². The van der Waals surface area contributed by atoms with Gasteiger partial charge in [0.25, 0.3) is 0 Å². The third-order valence-corrected chi connectivity index (χ3v) is 9.99. The van der Waals surface area contributed by atoms with Gasteiger partial charge in [-0.2, -0.15) is 0 Å². The van der Waals surface area contributed by atoms with Crippen LogP contribution in [0.4, 0.5) is 4.39 Å². The van der Waals surface area contributed by atoms with Gasteiger partial charge in [0.15, 0.2) is 17.3 Å². The van der Waals surface area contributed by atoms with Gasteiger partial charge < -0.3 is 14.2 Å². The maximum atomic E-state index is 15.0. The Morgan fingerprint density at radius 1 is 1.22 bits per heavy atom. The third-order valence-electron chi connectivity index (χ3n) is 4.72. The van der Waals surface area contributed by atoms with E-state index in [4.69, 9.17) is 14.2 Å². The third kappa shape index (κ3) is 3.76. The smallest absolute Gasteiger partial charge is 0.305 e. The minimum absolute atomic E-state index is 0.0557. The van der Waals surface area contributed by atoms with Crippen LogP contribution >= 0.6 is 34.9 Å². The fraction of sp³-hybridized carbons (Fsp3) is 0.526. The number of benzene rings is 1. The van der Waals surface area contributed by atoms with Gasteiger partial charge >= 0.3 is 5.97 Å². The van der Waals surface area contributed by atoms with Crippen LogP contribution in [0.5, 0.6) is 11.5 Å². The van der Waals surface area contributed by atoms with Gasteiger partial charge in [-0.05, 0) is 29.9 Å². The first kappa shape index (κ1) is 20.6. The van der Waals surface area contributed by atoms with E-state index in [-0.39, 0.29) is 21.7 Å². The Morgan fingerprint density at radius 3 is 2.52 bits per heavy atom. The van der Waals surface area contributed by atoms with Crippen LogP contribution < -0.4 is 9.47 Å². The number of halogens is 1. The van der Waals surface area contributed by atoms with E-state index < -0.39 is 5.82 Å². The van der Waals surface area contributed by atoms with Crippen LogP contribution in [0.25, 0.3) is 10.1 Å². The molecule has 1 fully saturated rings. The lowest BCUT2D eigenvalue weighted by molar-refractivity contribution is -0.141. The summed E-state index contributed by atoms with van der Waals surface area (Å²) in [5, 5.41) is 0.532. The van der Waals surface area contributed by atoms with Crippen LogP contribution in [0.1, 0.15) is 24.6 Å². The van der Waals surface area contributed by atoms with Gasteiger partial charge in [-0.3, -0.25) is 4.79 Å². The van der Waals surface area contributed by atoms with Crippen molar-refractivity contribution in [3.05, 3.63) is 22.8 Å². The molecular formula is C19H23FO4S3. The monoisotopic (exact) mass is 430 g/mol. The molecule has 0 aliphatic carbocycles. The number of fused-ring (bicyclic) bond motifs is 1. The highest BCUT2D eigenvalue weighted by Gasteiger charge is 2.43. The van der Waals surface area contributed by atoms with Crippen molar-refractivity contribution in [2.24, 2.45) is 5.92 Å². The molecule has 4 nitrogen and oxygen atoms in total. The summed E-state index contributed by atoms with van der Waals surface area (Å²) in [6, 6.07) is 3.73. The van der Waals surface area contributed by atoms with E-state index in [1.54, 1.807) is 11.3 Å². The molecule has 8 heteroatoms. The predicted molar refractivity (Wildman–Crippen MR) is 112 cm³/mol. The number of carbonyl (C=O) groups is 1. The molecule has 0 unspecified atom stereocenters. The first-order chi connectivity index (χ1) is 13.0. The average Bonchev–Trinajstić information content (AvgIpc) is 3.13. The number of thioether (sulfide) groups is 2. The van der Waals surface area contributed by atoms with E-state index in [0.29, 0.717) is 17.6 Å². The maximum absolute atomic E-state index is 15.0. The molecule has 148 valence electrons. The largest absolute Gasteiger partial charge is 0.493 e. The van der Waals surface area contributed by atoms with Gasteiger partial charge in [0.05, 0.1) is 31.8 Å². The SMILES string of the molecule is COC(=O)C[C@H](C)C1(c2cc3c(F)c(OC)c(OC)cc3s2)SCCCS1. The molecule has 1 saturated heterocycles. The van der Waals surface area contributed by atoms with Crippen LogP contribution in [0, 0.1) is 11.7 Å². The molecule has 27 heavy (non-hydrogen) atoms. The van der Waals surface area contributed by atoms with Gasteiger partial charge in [-0.25, -0.2) is 4.39 Å². The topological polar surface area (TPSA) is 44.8 Å².